The molecule has 1 aromatic rings. The van der Waals surface area contributed by atoms with Gasteiger partial charge >= 0.3 is 6.18 Å². The minimum Gasteiger partial charge on any atom is -0.352 e. The Kier molecular flexibility index (Phi) is 6.34. The molecular formula is C16H22ClF3N4. The second kappa shape index (κ2) is 8.07. The zero-order valence-corrected chi connectivity index (χ0v) is 14.5. The fourth-order valence-electron chi connectivity index (χ4n) is 2.64. The molecule has 1 aromatic carbocycles. The largest absolute Gasteiger partial charge is 0.403 e. The van der Waals surface area contributed by atoms with Crippen LogP contribution in [0, 0.1) is 0 Å². The number of halogens is 4. The predicted molar refractivity (Wildman–Crippen MR) is 90.3 cm³/mol. The molecule has 1 saturated heterocycles. The van der Waals surface area contributed by atoms with Gasteiger partial charge in [0.1, 0.15) is 6.04 Å². The van der Waals surface area contributed by atoms with Gasteiger partial charge in [0.15, 0.2) is 5.96 Å². The maximum absolute atomic E-state index is 12.8. The van der Waals surface area contributed by atoms with Crippen molar-refractivity contribution >= 4 is 17.6 Å². The first-order valence-electron chi connectivity index (χ1n) is 7.82. The highest BCUT2D eigenvalue weighted by Crippen LogP contribution is 2.25. The normalized spacial score (nSPS) is 18.6. The Hall–Kier alpha value is -1.47. The van der Waals surface area contributed by atoms with Crippen molar-refractivity contribution in [3.05, 3.63) is 34.9 Å². The van der Waals surface area contributed by atoms with E-state index in [0.29, 0.717) is 43.7 Å². The summed E-state index contributed by atoms with van der Waals surface area (Å²) in [4.78, 5) is 7.67. The summed E-state index contributed by atoms with van der Waals surface area (Å²) in [7, 11) is 1.68. The number of guanidine groups is 1. The summed E-state index contributed by atoms with van der Waals surface area (Å²) in [6, 6.07) is 6.07. The van der Waals surface area contributed by atoms with Crippen molar-refractivity contribution in [2.45, 2.75) is 25.7 Å². The lowest BCUT2D eigenvalue weighted by molar-refractivity contribution is -0.181. The van der Waals surface area contributed by atoms with E-state index in [4.69, 9.17) is 11.6 Å². The van der Waals surface area contributed by atoms with Gasteiger partial charge in [0.05, 0.1) is 0 Å². The number of nitrogens with one attached hydrogen (secondary N) is 1. The van der Waals surface area contributed by atoms with Crippen molar-refractivity contribution in [2.75, 3.05) is 33.2 Å². The van der Waals surface area contributed by atoms with Crippen LogP contribution in [0.4, 0.5) is 13.2 Å². The number of hydrogen-bond donors (Lipinski definition) is 1. The molecule has 0 bridgehead atoms. The topological polar surface area (TPSA) is 30.9 Å². The molecule has 8 heteroatoms. The molecule has 2 rings (SSSR count). The summed E-state index contributed by atoms with van der Waals surface area (Å²) in [5.41, 5.74) is 1.06. The van der Waals surface area contributed by atoms with Crippen LogP contribution in [-0.2, 0) is 6.54 Å². The summed E-state index contributed by atoms with van der Waals surface area (Å²) in [5, 5.41) is 3.92. The molecule has 0 amide bonds. The summed E-state index contributed by atoms with van der Waals surface area (Å²) < 4.78 is 38.4. The van der Waals surface area contributed by atoms with E-state index in [0.717, 1.165) is 5.56 Å². The lowest BCUT2D eigenvalue weighted by Gasteiger charge is -2.39. The number of rotatable bonds is 3. The van der Waals surface area contributed by atoms with E-state index < -0.39 is 12.2 Å². The van der Waals surface area contributed by atoms with Crippen LogP contribution in [0.15, 0.2) is 29.3 Å². The monoisotopic (exact) mass is 362 g/mol. The second-order valence-corrected chi connectivity index (χ2v) is 6.20. The van der Waals surface area contributed by atoms with Gasteiger partial charge in [-0.25, -0.2) is 0 Å². The molecular weight excluding hydrogens is 341 g/mol. The summed E-state index contributed by atoms with van der Waals surface area (Å²) in [5.74, 6) is 0.698. The molecule has 0 saturated carbocycles. The maximum Gasteiger partial charge on any atom is 0.403 e. The zero-order chi connectivity index (χ0) is 17.7. The second-order valence-electron chi connectivity index (χ2n) is 5.77. The lowest BCUT2D eigenvalue weighted by Crippen LogP contribution is -2.56. The molecule has 1 aliphatic rings. The quantitative estimate of drug-likeness (QED) is 0.662. The van der Waals surface area contributed by atoms with Gasteiger partial charge in [-0.05, 0) is 24.6 Å². The van der Waals surface area contributed by atoms with E-state index in [1.165, 1.54) is 11.8 Å². The Labute approximate surface area is 145 Å². The summed E-state index contributed by atoms with van der Waals surface area (Å²) in [6.07, 6.45) is -4.18. The molecule has 0 spiro atoms. The number of aliphatic imine (C=N–C) groups is 1. The van der Waals surface area contributed by atoms with Crippen LogP contribution in [0.3, 0.4) is 0 Å². The third-order valence-electron chi connectivity index (χ3n) is 4.21. The van der Waals surface area contributed by atoms with E-state index in [2.05, 4.69) is 10.3 Å². The molecule has 1 N–H and O–H groups in total. The van der Waals surface area contributed by atoms with Gasteiger partial charge in [-0.2, -0.15) is 13.2 Å². The van der Waals surface area contributed by atoms with E-state index in [-0.39, 0.29) is 0 Å². The molecule has 4 nitrogen and oxygen atoms in total. The van der Waals surface area contributed by atoms with Gasteiger partial charge < -0.3 is 10.2 Å². The first kappa shape index (κ1) is 18.9. The third kappa shape index (κ3) is 5.01. The summed E-state index contributed by atoms with van der Waals surface area (Å²) >= 11 is 5.86. The minimum absolute atomic E-state index is 0.363. The van der Waals surface area contributed by atoms with E-state index in [1.807, 2.05) is 29.2 Å². The maximum atomic E-state index is 12.8. The van der Waals surface area contributed by atoms with Crippen molar-refractivity contribution < 1.29 is 13.2 Å². The molecule has 0 aliphatic carbocycles. The highest BCUT2D eigenvalue weighted by Gasteiger charge is 2.41. The molecule has 134 valence electrons. The number of piperazine rings is 1. The Morgan fingerprint density at radius 3 is 2.29 bits per heavy atom. The Morgan fingerprint density at radius 2 is 1.79 bits per heavy atom. The molecule has 1 atom stereocenters. The lowest BCUT2D eigenvalue weighted by atomic mass is 10.2. The van der Waals surface area contributed by atoms with Crippen LogP contribution in [0.1, 0.15) is 12.5 Å². The average molecular weight is 363 g/mol. The highest BCUT2D eigenvalue weighted by atomic mass is 35.5. The van der Waals surface area contributed by atoms with Crippen molar-refractivity contribution in [3.63, 3.8) is 0 Å². The molecule has 1 aliphatic heterocycles. The summed E-state index contributed by atoms with van der Waals surface area (Å²) in [6.45, 7) is 3.55. The first-order chi connectivity index (χ1) is 11.3. The van der Waals surface area contributed by atoms with Crippen molar-refractivity contribution in [1.82, 2.24) is 15.1 Å². The van der Waals surface area contributed by atoms with Gasteiger partial charge in [-0.3, -0.25) is 9.89 Å². The van der Waals surface area contributed by atoms with Gasteiger partial charge in [-0.1, -0.05) is 23.7 Å². The van der Waals surface area contributed by atoms with Crippen molar-refractivity contribution in [3.8, 4) is 0 Å². The molecule has 24 heavy (non-hydrogen) atoms. The average Bonchev–Trinajstić information content (AvgIpc) is 2.56. The molecule has 0 radical (unpaired) electrons. The fraction of sp³-hybridized carbons (Fsp3) is 0.562. The number of benzene rings is 1. The Bertz CT molecular complexity index is 551. The SMILES string of the molecule is CN=C(NCc1ccc(Cl)cc1)N1CCN(C(C)C(F)(F)F)CC1. The minimum atomic E-state index is -4.18. The highest BCUT2D eigenvalue weighted by molar-refractivity contribution is 6.30. The fourth-order valence-corrected chi connectivity index (χ4v) is 2.77. The number of alkyl halides is 3. The van der Waals surface area contributed by atoms with Crippen LogP contribution in [0.5, 0.6) is 0 Å². The van der Waals surface area contributed by atoms with Gasteiger partial charge in [0.25, 0.3) is 0 Å². The van der Waals surface area contributed by atoms with Crippen LogP contribution >= 0.6 is 11.6 Å². The van der Waals surface area contributed by atoms with E-state index >= 15 is 0 Å². The first-order valence-corrected chi connectivity index (χ1v) is 8.20. The molecule has 1 heterocycles. The third-order valence-corrected chi connectivity index (χ3v) is 4.46. The van der Waals surface area contributed by atoms with E-state index in [9.17, 15) is 13.2 Å². The number of nitrogens with zero attached hydrogens (tertiary/aromatic N) is 3. The van der Waals surface area contributed by atoms with Gasteiger partial charge in [0, 0.05) is 44.8 Å². The Balaban J connectivity index is 1.86. The zero-order valence-electron chi connectivity index (χ0n) is 13.8. The standard InChI is InChI=1S/C16H22ClF3N4/c1-12(16(18,19)20)23-7-9-24(10-8-23)15(21-2)22-11-13-3-5-14(17)6-4-13/h3-6,12H,7-11H2,1-2H3,(H,21,22). The molecule has 0 aromatic heterocycles. The predicted octanol–water partition coefficient (Wildman–Crippen LogP) is 2.98. The van der Waals surface area contributed by atoms with Crippen LogP contribution in [0.25, 0.3) is 0 Å². The smallest absolute Gasteiger partial charge is 0.352 e. The van der Waals surface area contributed by atoms with Gasteiger partial charge in [0.2, 0.25) is 0 Å². The van der Waals surface area contributed by atoms with Crippen LogP contribution < -0.4 is 5.32 Å². The number of hydrogen-bond acceptors (Lipinski definition) is 2. The van der Waals surface area contributed by atoms with Crippen LogP contribution in [-0.4, -0.2) is 61.2 Å². The molecule has 1 fully saturated rings. The van der Waals surface area contributed by atoms with E-state index in [1.54, 1.807) is 7.05 Å². The van der Waals surface area contributed by atoms with Crippen LogP contribution in [0.2, 0.25) is 5.02 Å². The Morgan fingerprint density at radius 1 is 1.21 bits per heavy atom. The molecule has 1 unspecified atom stereocenters. The van der Waals surface area contributed by atoms with Crippen molar-refractivity contribution in [1.29, 1.82) is 0 Å². The van der Waals surface area contributed by atoms with Crippen molar-refractivity contribution in [2.24, 2.45) is 4.99 Å². The van der Waals surface area contributed by atoms with Gasteiger partial charge in [-0.15, -0.1) is 0 Å².